The third-order valence-electron chi connectivity index (χ3n) is 17.0. The minimum absolute atomic E-state index is 0.0296. The van der Waals surface area contributed by atoms with Crippen molar-refractivity contribution in [1.82, 2.24) is 54.4 Å². The summed E-state index contributed by atoms with van der Waals surface area (Å²) in [5.74, 6) is 3.54. The predicted molar refractivity (Wildman–Crippen MR) is 456 cm³/mol. The number of nitrogens with zero attached hydrogens (tertiary/aromatic N) is 13. The summed E-state index contributed by atoms with van der Waals surface area (Å²) in [7, 11) is 35.9. The molecular weight excluding hydrogens is 1560 g/mol. The number of rotatable bonds is 14. The summed E-state index contributed by atoms with van der Waals surface area (Å²) in [4.78, 5) is 34.8. The molecule has 496 valence electrons. The van der Waals surface area contributed by atoms with Crippen LogP contribution < -0.4 is 20.0 Å². The molecule has 0 radical (unpaired) electrons. The molecule has 14 rings (SSSR count). The first kappa shape index (κ1) is 76.1. The minimum atomic E-state index is 0.0296. The number of ether oxygens (including phenoxy) is 2. The Morgan fingerprint density at radius 3 is 1.58 bits per heavy atom. The molecule has 0 saturated carbocycles. The quantitative estimate of drug-likeness (QED) is 0.0812. The van der Waals surface area contributed by atoms with Crippen molar-refractivity contribution in [3.8, 4) is 0 Å². The second kappa shape index (κ2) is 36.6. The van der Waals surface area contributed by atoms with Crippen LogP contribution in [0.4, 0.5) is 17.5 Å². The number of morpholine rings is 2. The van der Waals surface area contributed by atoms with Crippen LogP contribution in [0.2, 0.25) is 5.15 Å². The predicted octanol–water partition coefficient (Wildman–Crippen LogP) is 20.4. The number of hydrogen-bond acceptors (Lipinski definition) is 14. The fourth-order valence-corrected chi connectivity index (χ4v) is 265. The molecule has 0 spiro atoms. The molecule has 92 heavy (non-hydrogen) atoms. The number of aryl methyl sites for hydroxylation is 4. The zero-order valence-electron chi connectivity index (χ0n) is 51.9. The van der Waals surface area contributed by atoms with Gasteiger partial charge in [-0.25, -0.2) is 29.9 Å². The second-order valence-electron chi connectivity index (χ2n) is 22.9. The van der Waals surface area contributed by atoms with Gasteiger partial charge in [0.25, 0.3) is 0 Å². The van der Waals surface area contributed by atoms with Gasteiger partial charge in [0, 0.05) is 78.1 Å². The zero-order valence-corrected chi connectivity index (χ0v) is 74.4. The number of halogens is 1. The van der Waals surface area contributed by atoms with E-state index < -0.39 is 0 Å². The zero-order chi connectivity index (χ0) is 64.7. The van der Waals surface area contributed by atoms with E-state index in [4.69, 9.17) is 46.2 Å². The maximum atomic E-state index is 5.91. The van der Waals surface area contributed by atoms with Crippen LogP contribution in [-0.4, -0.2) is 115 Å². The number of benzene rings is 2. The lowest BCUT2D eigenvalue weighted by Crippen LogP contribution is -2.38. The van der Waals surface area contributed by atoms with Crippen molar-refractivity contribution >= 4 is 231 Å². The molecule has 0 bridgehead atoms. The molecule has 0 amide bonds. The van der Waals surface area contributed by atoms with E-state index in [0.717, 1.165) is 168 Å². The second-order valence-corrected chi connectivity index (χ2v) is 105. The summed E-state index contributed by atoms with van der Waals surface area (Å²) < 4.78 is 15.4. The van der Waals surface area contributed by atoms with Crippen LogP contribution in [0.5, 0.6) is 0 Å². The fraction of sp³-hybridized carbons (Fsp3) is 0.481. The SMILES string of the molecule is Cc1cccc2ncnc(Cl)c12.Cc1cccc2ncnc(N3CCCCC3c3cc4nc5c(c(N6CCOCC6)n4n3)CCC5)c12.PPP(P(P)P)P(P(P(P)P)P(P)P)P(P(P)P)P(P)P.c1c(C2CCCCN2)nn2c(N3CCOCC3)c3c(nc12)CCC3. The molecule has 15 atom stereocenters. The highest BCUT2D eigenvalue weighted by Crippen LogP contribution is 3.31. The average Bonchev–Trinajstić information content (AvgIpc) is 1.77. The van der Waals surface area contributed by atoms with Crippen LogP contribution in [-0.2, 0) is 35.2 Å². The minimum Gasteiger partial charge on any atom is -0.378 e. The molecule has 8 aromatic rings. The largest absolute Gasteiger partial charge is 0.378 e. The molecule has 15 unspecified atom stereocenters. The van der Waals surface area contributed by atoms with Crippen molar-refractivity contribution in [2.75, 3.05) is 80.4 Å². The van der Waals surface area contributed by atoms with Crippen LogP contribution in [0.1, 0.15) is 108 Å². The van der Waals surface area contributed by atoms with Crippen molar-refractivity contribution in [3.05, 3.63) is 111 Å². The topological polar surface area (TPSA) is 152 Å². The summed E-state index contributed by atoms with van der Waals surface area (Å²) in [5.41, 5.74) is 13.8. The Hall–Kier alpha value is 2.96. The number of aromatic nitrogens is 10. The molecule has 6 aliphatic rings. The smallest absolute Gasteiger partial charge is 0.157 e. The summed E-state index contributed by atoms with van der Waals surface area (Å²) >= 11 is 5.91. The molecule has 1 N–H and O–H groups in total. The van der Waals surface area contributed by atoms with E-state index in [-0.39, 0.29) is 68.9 Å². The lowest BCUT2D eigenvalue weighted by Gasteiger charge is -2.46. The summed E-state index contributed by atoms with van der Waals surface area (Å²) in [6.45, 7) is 13.9. The first-order chi connectivity index (χ1) is 44.5. The number of fused-ring (bicyclic) bond motifs is 6. The Morgan fingerprint density at radius 2 is 1.07 bits per heavy atom. The van der Waals surface area contributed by atoms with Crippen LogP contribution in [0, 0.1) is 13.8 Å². The van der Waals surface area contributed by atoms with Crippen molar-refractivity contribution < 1.29 is 9.47 Å². The van der Waals surface area contributed by atoms with Gasteiger partial charge >= 0.3 is 0 Å². The number of hydrogen-bond donors (Lipinski definition) is 1. The molecule has 4 fully saturated rings. The van der Waals surface area contributed by atoms with E-state index in [0.29, 0.717) is 11.2 Å². The number of piperidine rings is 2. The first-order valence-electron chi connectivity index (χ1n) is 30.7. The van der Waals surface area contributed by atoms with Gasteiger partial charge in [0.1, 0.15) is 35.3 Å². The van der Waals surface area contributed by atoms with Crippen molar-refractivity contribution in [1.29, 1.82) is 0 Å². The van der Waals surface area contributed by atoms with Gasteiger partial charge in [-0.05, 0) is 177 Å². The van der Waals surface area contributed by atoms with Gasteiger partial charge in [-0.1, -0.05) is 50.2 Å². The monoisotopic (exact) mass is 1650 g/mol. The number of anilines is 3. The number of nitrogens with one attached hydrogen (secondary N) is 1. The lowest BCUT2D eigenvalue weighted by molar-refractivity contribution is 0.122. The highest BCUT2D eigenvalue weighted by atomic mass is 35.5. The standard InChI is InChI=1S/C27H31N7O.C18H25N5O.C9H7ClN2.H23P21/c1-18-6-4-9-21-25(18)26(29-17-28-21)33-11-3-2-10-23(33)22-16-24-30-20-8-5-7-19(20)27(34(24)31-22)32-12-14-35-15-13-32;1-2-7-19-15(5-1)16-12-17-20-14-6-3-4-13(14)18(23(17)21-16)22-8-10-24-11-9-22;1-6-3-2-4-7-8(6)9(10)12-5-11-7;1-12-18(13(2)3)21(19(14(4)5)15(6)7)20(16(8)9)17(10)11/h4,6,9,16-17,23H,2-3,5,7-8,10-15H2,1H3;12,15,19H,1-11H2;2-5H,1H3;12H,1-11H2. The highest BCUT2D eigenvalue weighted by Gasteiger charge is 2.43. The van der Waals surface area contributed by atoms with Gasteiger partial charge in [0.05, 0.1) is 60.9 Å². The van der Waals surface area contributed by atoms with Crippen LogP contribution in [0.3, 0.4) is 0 Å². The van der Waals surface area contributed by atoms with Crippen molar-refractivity contribution in [3.63, 3.8) is 0 Å². The maximum Gasteiger partial charge on any atom is 0.157 e. The molecule has 4 aliphatic heterocycles. The van der Waals surface area contributed by atoms with E-state index in [1.807, 2.05) is 25.1 Å². The van der Waals surface area contributed by atoms with Crippen LogP contribution in [0.15, 0.2) is 61.2 Å². The Morgan fingerprint density at radius 1 is 0.554 bits per heavy atom. The third-order valence-corrected chi connectivity index (χ3v) is 149. The molecular formula is C54H86ClN14O2P21. The van der Waals surface area contributed by atoms with E-state index in [2.05, 4.69) is 179 Å². The fourth-order valence-electron chi connectivity index (χ4n) is 12.9. The van der Waals surface area contributed by atoms with Gasteiger partial charge in [-0.2, -0.15) is 19.2 Å². The first-order valence-corrected chi connectivity index (χ1v) is 68.6. The molecule has 4 saturated heterocycles. The van der Waals surface area contributed by atoms with Gasteiger partial charge < -0.3 is 29.5 Å². The maximum absolute atomic E-state index is 5.91. The van der Waals surface area contributed by atoms with E-state index >= 15 is 0 Å². The summed E-state index contributed by atoms with van der Waals surface area (Å²) in [5, 5.41) is 16.5. The Labute approximate surface area is 585 Å². The van der Waals surface area contributed by atoms with Gasteiger partial charge in [0.2, 0.25) is 0 Å². The van der Waals surface area contributed by atoms with E-state index in [1.54, 1.807) is 6.33 Å². The van der Waals surface area contributed by atoms with Crippen molar-refractivity contribution in [2.45, 2.75) is 103 Å². The van der Waals surface area contributed by atoms with E-state index in [1.165, 1.54) is 84.6 Å². The Balaban J connectivity index is 0.000000134. The molecule has 16 nitrogen and oxygen atoms in total. The molecule has 38 heteroatoms. The molecule has 6 aromatic heterocycles. The molecule has 10 heterocycles. The Bertz CT molecular complexity index is 3710. The van der Waals surface area contributed by atoms with Gasteiger partial charge in [0.15, 0.2) is 11.3 Å². The third kappa shape index (κ3) is 18.2. The molecule has 2 aromatic carbocycles. The summed E-state index contributed by atoms with van der Waals surface area (Å²) in [6, 6.07) is 17.2. The normalized spacial score (nSPS) is 19.2. The lowest BCUT2D eigenvalue weighted by atomic mass is 9.98. The van der Waals surface area contributed by atoms with Crippen LogP contribution in [0.25, 0.3) is 33.1 Å². The van der Waals surface area contributed by atoms with Crippen molar-refractivity contribution in [2.24, 2.45) is 0 Å². The van der Waals surface area contributed by atoms with Crippen LogP contribution >= 0.6 is 181 Å². The van der Waals surface area contributed by atoms with Gasteiger partial charge in [-0.3, -0.25) is 0 Å². The molecule has 2 aliphatic carbocycles. The summed E-state index contributed by atoms with van der Waals surface area (Å²) in [6.07, 6.45) is 17.1. The highest BCUT2D eigenvalue weighted by molar-refractivity contribution is 9.37. The van der Waals surface area contributed by atoms with E-state index in [9.17, 15) is 0 Å². The van der Waals surface area contributed by atoms with Gasteiger partial charge in [-0.15, -0.1) is 98.2 Å². The average molecular weight is 1650 g/mol. The Kier molecular flexibility index (Phi) is 30.3.